The van der Waals surface area contributed by atoms with Gasteiger partial charge >= 0.3 is 0 Å². The van der Waals surface area contributed by atoms with Crippen LogP contribution < -0.4 is 15.1 Å². The molecular weight excluding hydrogens is 387 g/mol. The largest absolute Gasteiger partial charge is 0.807 e. The molecule has 3 aromatic rings. The van der Waals surface area contributed by atoms with E-state index < -0.39 is 22.7 Å². The number of rotatable bonds is 5. The van der Waals surface area contributed by atoms with Crippen LogP contribution in [0.3, 0.4) is 0 Å². The van der Waals surface area contributed by atoms with Crippen LogP contribution in [0.25, 0.3) is 22.3 Å². The van der Waals surface area contributed by atoms with Gasteiger partial charge < -0.3 is 14.4 Å². The Morgan fingerprint density at radius 1 is 0.679 bits per heavy atom. The van der Waals surface area contributed by atoms with Gasteiger partial charge in [-0.2, -0.15) is 0 Å². The molecule has 0 aliphatic rings. The third-order valence-corrected chi connectivity index (χ3v) is 5.06. The zero-order valence-electron chi connectivity index (χ0n) is 14.1. The lowest BCUT2D eigenvalue weighted by atomic mass is 9.94. The zero-order valence-corrected chi connectivity index (χ0v) is 14.9. The summed E-state index contributed by atoms with van der Waals surface area (Å²) in [5.74, 6) is 0. The first-order chi connectivity index (χ1) is 13.2. The molecule has 10 heteroatoms. The highest BCUT2D eigenvalue weighted by atomic mass is 31.2. The van der Waals surface area contributed by atoms with Crippen LogP contribution in [0.2, 0.25) is 0 Å². The molecule has 0 bridgehead atoms. The van der Waals surface area contributed by atoms with Crippen molar-refractivity contribution in [3.8, 4) is 22.3 Å². The van der Waals surface area contributed by atoms with Crippen molar-refractivity contribution in [2.45, 2.75) is 0 Å². The van der Waals surface area contributed by atoms with Gasteiger partial charge in [-0.05, 0) is 59.4 Å². The van der Waals surface area contributed by atoms with Gasteiger partial charge in [-0.1, -0.05) is 18.2 Å². The fraction of sp³-hybridized carbons (Fsp3) is 0. The second kappa shape index (κ2) is 7.32. The number of hydrogen-bond acceptors (Lipinski definition) is 7. The molecule has 28 heavy (non-hydrogen) atoms. The van der Waals surface area contributed by atoms with Crippen LogP contribution in [0.5, 0.6) is 0 Å². The van der Waals surface area contributed by atoms with Crippen LogP contribution >= 0.6 is 7.60 Å². The molecule has 142 valence electrons. The van der Waals surface area contributed by atoms with E-state index in [-0.39, 0.29) is 16.9 Å². The highest BCUT2D eigenvalue weighted by molar-refractivity contribution is 7.57. The minimum Gasteiger partial charge on any atom is -0.807 e. The van der Waals surface area contributed by atoms with E-state index in [0.29, 0.717) is 16.7 Å². The lowest BCUT2D eigenvalue weighted by Crippen LogP contribution is -2.26. The molecule has 0 saturated heterocycles. The Bertz CT molecular complexity index is 1110. The Balaban J connectivity index is 2.24. The first kappa shape index (κ1) is 19.4. The van der Waals surface area contributed by atoms with Crippen molar-refractivity contribution in [1.29, 1.82) is 0 Å². The predicted octanol–water partition coefficient (Wildman–Crippen LogP) is 2.38. The molecule has 0 amide bonds. The lowest BCUT2D eigenvalue weighted by molar-refractivity contribution is -0.385. The normalized spacial score (nSPS) is 11.2. The van der Waals surface area contributed by atoms with Crippen LogP contribution in [-0.4, -0.2) is 9.85 Å². The molecule has 0 N–H and O–H groups in total. The van der Waals surface area contributed by atoms with Crippen LogP contribution in [0.15, 0.2) is 66.7 Å². The molecule has 0 saturated carbocycles. The molecule has 0 heterocycles. The van der Waals surface area contributed by atoms with E-state index >= 15 is 0 Å². The van der Waals surface area contributed by atoms with Gasteiger partial charge in [0.15, 0.2) is 0 Å². The van der Waals surface area contributed by atoms with Crippen molar-refractivity contribution in [3.63, 3.8) is 0 Å². The van der Waals surface area contributed by atoms with Crippen LogP contribution in [-0.2, 0) is 4.57 Å². The van der Waals surface area contributed by atoms with Crippen LogP contribution in [0.1, 0.15) is 0 Å². The van der Waals surface area contributed by atoms with Crippen molar-refractivity contribution in [2.24, 2.45) is 0 Å². The maximum atomic E-state index is 11.8. The Labute approximate surface area is 158 Å². The first-order valence-electron chi connectivity index (χ1n) is 7.84. The Kier molecular flexibility index (Phi) is 5.06. The van der Waals surface area contributed by atoms with E-state index in [1.54, 1.807) is 6.07 Å². The van der Waals surface area contributed by atoms with Crippen molar-refractivity contribution in [3.05, 3.63) is 87.0 Å². The van der Waals surface area contributed by atoms with E-state index in [4.69, 9.17) is 0 Å². The van der Waals surface area contributed by atoms with Gasteiger partial charge in [0.2, 0.25) is 0 Å². The smallest absolute Gasteiger partial charge is 0.269 e. The van der Waals surface area contributed by atoms with Gasteiger partial charge in [0, 0.05) is 24.3 Å². The molecular formula is C18H11N2O7P-2. The maximum Gasteiger partial charge on any atom is 0.269 e. The Morgan fingerprint density at radius 2 is 1.14 bits per heavy atom. The third kappa shape index (κ3) is 3.81. The van der Waals surface area contributed by atoms with E-state index in [9.17, 15) is 34.6 Å². The SMILES string of the molecule is O=[N+]([O-])c1ccc(-c2cccc(P(=O)([O-])[O-])c2-c2ccc([N+](=O)[O-])cc2)cc1. The number of nitro benzene ring substituents is 2. The topological polar surface area (TPSA) is 149 Å². The molecule has 0 aliphatic carbocycles. The summed E-state index contributed by atoms with van der Waals surface area (Å²) >= 11 is 0. The van der Waals surface area contributed by atoms with Crippen LogP contribution in [0, 0.1) is 20.2 Å². The highest BCUT2D eigenvalue weighted by Gasteiger charge is 2.16. The summed E-state index contributed by atoms with van der Waals surface area (Å²) in [6, 6.07) is 14.6. The molecule has 3 aromatic carbocycles. The summed E-state index contributed by atoms with van der Waals surface area (Å²) in [6.07, 6.45) is 0. The van der Waals surface area contributed by atoms with Crippen molar-refractivity contribution in [2.75, 3.05) is 0 Å². The maximum absolute atomic E-state index is 11.8. The summed E-state index contributed by atoms with van der Waals surface area (Å²) in [6.45, 7) is 0. The second-order valence-corrected chi connectivity index (χ2v) is 7.28. The summed E-state index contributed by atoms with van der Waals surface area (Å²) < 4.78 is 11.8. The average Bonchev–Trinajstić information content (AvgIpc) is 2.67. The molecule has 9 nitrogen and oxygen atoms in total. The van der Waals surface area contributed by atoms with Crippen LogP contribution in [0.4, 0.5) is 11.4 Å². The molecule has 0 aliphatic heterocycles. The molecule has 3 rings (SSSR count). The number of nitrogens with zero attached hydrogens (tertiary/aromatic N) is 2. The number of nitro groups is 2. The highest BCUT2D eigenvalue weighted by Crippen LogP contribution is 2.38. The number of non-ortho nitro benzene ring substituents is 2. The monoisotopic (exact) mass is 398 g/mol. The fourth-order valence-corrected chi connectivity index (χ4v) is 3.62. The average molecular weight is 398 g/mol. The van der Waals surface area contributed by atoms with Gasteiger partial charge in [0.25, 0.3) is 11.4 Å². The number of hydrogen-bond donors (Lipinski definition) is 0. The molecule has 0 fully saturated rings. The third-order valence-electron chi connectivity index (χ3n) is 4.09. The summed E-state index contributed by atoms with van der Waals surface area (Å²) in [5.41, 5.74) is 0.851. The fourth-order valence-electron chi connectivity index (χ4n) is 2.82. The van der Waals surface area contributed by atoms with E-state index in [0.717, 1.165) is 6.07 Å². The Morgan fingerprint density at radius 3 is 1.57 bits per heavy atom. The van der Waals surface area contributed by atoms with Gasteiger partial charge in [-0.25, -0.2) is 0 Å². The van der Waals surface area contributed by atoms with E-state index in [2.05, 4.69) is 0 Å². The summed E-state index contributed by atoms with van der Waals surface area (Å²) in [7, 11) is -5.17. The molecule has 0 spiro atoms. The molecule has 0 unspecified atom stereocenters. The van der Waals surface area contributed by atoms with Gasteiger partial charge in [0.1, 0.15) is 0 Å². The first-order valence-corrected chi connectivity index (χ1v) is 9.38. The summed E-state index contributed by atoms with van der Waals surface area (Å²) in [4.78, 5) is 44.1. The summed E-state index contributed by atoms with van der Waals surface area (Å²) in [5, 5.41) is 21.2. The molecule has 0 radical (unpaired) electrons. The quantitative estimate of drug-likeness (QED) is 0.364. The van der Waals surface area contributed by atoms with Crippen molar-refractivity contribution < 1.29 is 24.2 Å². The van der Waals surface area contributed by atoms with Crippen molar-refractivity contribution in [1.82, 2.24) is 0 Å². The van der Waals surface area contributed by atoms with E-state index in [1.165, 1.54) is 54.6 Å². The molecule has 0 atom stereocenters. The number of benzene rings is 3. The van der Waals surface area contributed by atoms with Gasteiger partial charge in [-0.15, -0.1) is 0 Å². The second-order valence-electron chi connectivity index (χ2n) is 5.81. The van der Waals surface area contributed by atoms with Crippen molar-refractivity contribution >= 4 is 24.3 Å². The van der Waals surface area contributed by atoms with E-state index in [1.807, 2.05) is 0 Å². The predicted molar refractivity (Wildman–Crippen MR) is 97.9 cm³/mol. The van der Waals surface area contributed by atoms with Gasteiger partial charge in [0.05, 0.1) is 9.85 Å². The standard InChI is InChI=1S/C18H13N2O7P/c21-19(22)14-8-4-12(5-9-14)16-2-1-3-17(28(25,26)27)18(16)13-6-10-15(11-7-13)20(23)24/h1-11H,(H2,25,26,27)/p-2. The minimum atomic E-state index is -5.17. The molecule has 0 aromatic heterocycles. The minimum absolute atomic E-state index is 0.0829. The zero-order chi connectivity index (χ0) is 20.5. The Hall–Kier alpha value is -3.39. The van der Waals surface area contributed by atoms with Gasteiger partial charge in [-0.3, -0.25) is 20.2 Å². The lowest BCUT2D eigenvalue weighted by Gasteiger charge is -2.33.